The molecule has 72 valence electrons. The Morgan fingerprint density at radius 3 is 2.58 bits per heavy atom. The summed E-state index contributed by atoms with van der Waals surface area (Å²) < 4.78 is 0. The molecular formula is C10H21NS. The summed E-state index contributed by atoms with van der Waals surface area (Å²) in [6.07, 6.45) is 4.15. The molecule has 1 aliphatic rings. The van der Waals surface area contributed by atoms with E-state index >= 15 is 0 Å². The van der Waals surface area contributed by atoms with E-state index in [2.05, 4.69) is 13.8 Å². The topological polar surface area (TPSA) is 26.0 Å². The molecule has 0 saturated heterocycles. The van der Waals surface area contributed by atoms with Gasteiger partial charge in [-0.25, -0.2) is 0 Å². The van der Waals surface area contributed by atoms with Crippen molar-refractivity contribution in [2.75, 3.05) is 18.1 Å². The van der Waals surface area contributed by atoms with Crippen LogP contribution in [0.3, 0.4) is 0 Å². The largest absolute Gasteiger partial charge is 0.330 e. The standard InChI is InChI=1S/C10H21NS/c1-3-12-7-6-10(2,8-11)9-4-5-9/h9H,3-8,11H2,1-2H3. The van der Waals surface area contributed by atoms with Crippen LogP contribution in [0.4, 0.5) is 0 Å². The quantitative estimate of drug-likeness (QED) is 0.647. The minimum atomic E-state index is 0.460. The normalized spacial score (nSPS) is 22.2. The molecule has 1 rings (SSSR count). The maximum absolute atomic E-state index is 5.82. The molecular weight excluding hydrogens is 166 g/mol. The van der Waals surface area contributed by atoms with Crippen LogP contribution in [0.2, 0.25) is 0 Å². The lowest BCUT2D eigenvalue weighted by Crippen LogP contribution is -2.30. The van der Waals surface area contributed by atoms with Crippen molar-refractivity contribution < 1.29 is 0 Å². The van der Waals surface area contributed by atoms with Gasteiger partial charge in [0.25, 0.3) is 0 Å². The molecule has 1 unspecified atom stereocenters. The summed E-state index contributed by atoms with van der Waals surface area (Å²) >= 11 is 2.04. The fourth-order valence-corrected chi connectivity index (χ4v) is 2.60. The maximum Gasteiger partial charge on any atom is -0.00202 e. The van der Waals surface area contributed by atoms with E-state index in [-0.39, 0.29) is 0 Å². The van der Waals surface area contributed by atoms with Gasteiger partial charge in [0.1, 0.15) is 0 Å². The highest BCUT2D eigenvalue weighted by atomic mass is 32.2. The van der Waals surface area contributed by atoms with Gasteiger partial charge in [0.05, 0.1) is 0 Å². The number of hydrogen-bond acceptors (Lipinski definition) is 2. The van der Waals surface area contributed by atoms with Crippen LogP contribution in [0.25, 0.3) is 0 Å². The zero-order valence-corrected chi connectivity index (χ0v) is 9.12. The summed E-state index contributed by atoms with van der Waals surface area (Å²) in [6, 6.07) is 0. The lowest BCUT2D eigenvalue weighted by Gasteiger charge is -2.27. The van der Waals surface area contributed by atoms with Gasteiger partial charge in [-0.2, -0.15) is 11.8 Å². The molecule has 0 aromatic carbocycles. The lowest BCUT2D eigenvalue weighted by molar-refractivity contribution is 0.275. The number of thioether (sulfide) groups is 1. The van der Waals surface area contributed by atoms with Gasteiger partial charge in [0, 0.05) is 0 Å². The van der Waals surface area contributed by atoms with Gasteiger partial charge in [0.2, 0.25) is 0 Å². The van der Waals surface area contributed by atoms with Gasteiger partial charge in [-0.3, -0.25) is 0 Å². The fraction of sp³-hybridized carbons (Fsp3) is 1.00. The summed E-state index contributed by atoms with van der Waals surface area (Å²) in [4.78, 5) is 0. The smallest absolute Gasteiger partial charge is 0.00202 e. The van der Waals surface area contributed by atoms with E-state index in [0.29, 0.717) is 5.41 Å². The minimum Gasteiger partial charge on any atom is -0.330 e. The molecule has 1 aliphatic carbocycles. The van der Waals surface area contributed by atoms with Gasteiger partial charge in [0.15, 0.2) is 0 Å². The molecule has 1 fully saturated rings. The molecule has 0 bridgehead atoms. The van der Waals surface area contributed by atoms with Gasteiger partial charge < -0.3 is 5.73 Å². The lowest BCUT2D eigenvalue weighted by atomic mass is 9.82. The van der Waals surface area contributed by atoms with Crippen LogP contribution in [0.1, 0.15) is 33.1 Å². The van der Waals surface area contributed by atoms with Gasteiger partial charge in [-0.15, -0.1) is 0 Å². The fourth-order valence-electron chi connectivity index (χ4n) is 1.70. The zero-order valence-electron chi connectivity index (χ0n) is 8.31. The Hall–Kier alpha value is 0.310. The second-order valence-corrected chi connectivity index (χ2v) is 5.47. The average Bonchev–Trinajstić information content (AvgIpc) is 2.87. The highest BCUT2D eigenvalue weighted by Crippen LogP contribution is 2.47. The molecule has 0 heterocycles. The molecule has 0 aliphatic heterocycles. The van der Waals surface area contributed by atoms with E-state index in [9.17, 15) is 0 Å². The Labute approximate surface area is 80.5 Å². The van der Waals surface area contributed by atoms with Crippen LogP contribution in [-0.4, -0.2) is 18.1 Å². The van der Waals surface area contributed by atoms with Crippen LogP contribution in [-0.2, 0) is 0 Å². The van der Waals surface area contributed by atoms with E-state index in [1.54, 1.807) is 0 Å². The Bertz CT molecular complexity index is 134. The molecule has 2 N–H and O–H groups in total. The van der Waals surface area contributed by atoms with Gasteiger partial charge in [-0.05, 0) is 48.6 Å². The SMILES string of the molecule is CCSCCC(C)(CN)C1CC1. The number of rotatable bonds is 6. The first-order chi connectivity index (χ1) is 5.73. The third kappa shape index (κ3) is 2.67. The van der Waals surface area contributed by atoms with Crippen molar-refractivity contribution in [2.45, 2.75) is 33.1 Å². The predicted octanol–water partition coefficient (Wildman–Crippen LogP) is 2.50. The minimum absolute atomic E-state index is 0.460. The van der Waals surface area contributed by atoms with Gasteiger partial charge in [-0.1, -0.05) is 13.8 Å². The Morgan fingerprint density at radius 1 is 1.50 bits per heavy atom. The number of nitrogens with two attached hydrogens (primary N) is 1. The van der Waals surface area contributed by atoms with Crippen LogP contribution in [0.5, 0.6) is 0 Å². The molecule has 1 atom stereocenters. The molecule has 2 heteroatoms. The van der Waals surface area contributed by atoms with E-state index in [0.717, 1.165) is 12.5 Å². The van der Waals surface area contributed by atoms with Crippen LogP contribution < -0.4 is 5.73 Å². The molecule has 0 aromatic rings. The highest BCUT2D eigenvalue weighted by Gasteiger charge is 2.39. The van der Waals surface area contributed by atoms with Crippen molar-refractivity contribution in [1.82, 2.24) is 0 Å². The molecule has 1 saturated carbocycles. The van der Waals surface area contributed by atoms with Crippen LogP contribution in [0.15, 0.2) is 0 Å². The van der Waals surface area contributed by atoms with E-state index in [1.807, 2.05) is 11.8 Å². The summed E-state index contributed by atoms with van der Waals surface area (Å²) in [6.45, 7) is 5.46. The molecule has 0 spiro atoms. The van der Waals surface area contributed by atoms with Crippen molar-refractivity contribution in [3.63, 3.8) is 0 Å². The molecule has 1 nitrogen and oxygen atoms in total. The average molecular weight is 187 g/mol. The van der Waals surface area contributed by atoms with Crippen molar-refractivity contribution in [1.29, 1.82) is 0 Å². The first kappa shape index (κ1) is 10.4. The summed E-state index contributed by atoms with van der Waals surface area (Å²) in [5.74, 6) is 3.48. The third-order valence-corrected chi connectivity index (χ3v) is 3.95. The Balaban J connectivity index is 2.23. The third-order valence-electron chi connectivity index (χ3n) is 3.05. The zero-order chi connectivity index (χ0) is 9.03. The highest BCUT2D eigenvalue weighted by molar-refractivity contribution is 7.99. The van der Waals surface area contributed by atoms with E-state index in [1.165, 1.54) is 30.8 Å². The Kier molecular flexibility index (Phi) is 3.91. The molecule has 12 heavy (non-hydrogen) atoms. The van der Waals surface area contributed by atoms with Crippen molar-refractivity contribution in [2.24, 2.45) is 17.1 Å². The first-order valence-electron chi connectivity index (χ1n) is 5.00. The van der Waals surface area contributed by atoms with Gasteiger partial charge >= 0.3 is 0 Å². The van der Waals surface area contributed by atoms with Crippen molar-refractivity contribution in [3.05, 3.63) is 0 Å². The summed E-state index contributed by atoms with van der Waals surface area (Å²) in [5, 5.41) is 0. The second-order valence-electron chi connectivity index (χ2n) is 4.08. The Morgan fingerprint density at radius 2 is 2.17 bits per heavy atom. The predicted molar refractivity (Wildman–Crippen MR) is 57.5 cm³/mol. The van der Waals surface area contributed by atoms with Crippen molar-refractivity contribution >= 4 is 11.8 Å². The molecule has 0 amide bonds. The maximum atomic E-state index is 5.82. The summed E-state index contributed by atoms with van der Waals surface area (Å²) in [5.41, 5.74) is 6.28. The monoisotopic (exact) mass is 187 g/mol. The van der Waals surface area contributed by atoms with E-state index < -0.39 is 0 Å². The van der Waals surface area contributed by atoms with Crippen molar-refractivity contribution in [3.8, 4) is 0 Å². The second kappa shape index (κ2) is 4.52. The van der Waals surface area contributed by atoms with Crippen LogP contribution >= 0.6 is 11.8 Å². The summed E-state index contributed by atoms with van der Waals surface area (Å²) in [7, 11) is 0. The van der Waals surface area contributed by atoms with Crippen LogP contribution in [0, 0.1) is 11.3 Å². The molecule has 0 aromatic heterocycles. The van der Waals surface area contributed by atoms with E-state index in [4.69, 9.17) is 5.73 Å². The first-order valence-corrected chi connectivity index (χ1v) is 6.16. The number of hydrogen-bond donors (Lipinski definition) is 1. The molecule has 0 radical (unpaired) electrons.